The quantitative estimate of drug-likeness (QED) is 0.670. The van der Waals surface area contributed by atoms with Gasteiger partial charge in [-0.2, -0.15) is 0 Å². The molecule has 142 valence electrons. The largest absolute Gasteiger partial charge is 0.302 e. The van der Waals surface area contributed by atoms with Gasteiger partial charge < -0.3 is 5.32 Å². The van der Waals surface area contributed by atoms with E-state index >= 15 is 0 Å². The fourth-order valence-electron chi connectivity index (χ4n) is 2.76. The van der Waals surface area contributed by atoms with Crippen molar-refractivity contribution < 1.29 is 13.2 Å². The number of aryl methyl sites for hydroxylation is 1. The molecule has 0 aliphatic carbocycles. The molecule has 5 nitrogen and oxygen atoms in total. The summed E-state index contributed by atoms with van der Waals surface area (Å²) in [6, 6.07) is 12.5. The number of aromatic nitrogens is 1. The number of carbonyl (C=O) groups excluding carboxylic acids is 1. The number of nitrogens with one attached hydrogen (secondary N) is 1. The molecule has 27 heavy (non-hydrogen) atoms. The first-order valence-electron chi connectivity index (χ1n) is 8.82. The highest BCUT2D eigenvalue weighted by molar-refractivity contribution is 7.92. The van der Waals surface area contributed by atoms with Crippen molar-refractivity contribution in [2.45, 2.75) is 43.8 Å². The summed E-state index contributed by atoms with van der Waals surface area (Å²) < 4.78 is 25.4. The van der Waals surface area contributed by atoms with E-state index in [0.717, 1.165) is 27.8 Å². The first-order chi connectivity index (χ1) is 12.8. The molecule has 0 unspecified atom stereocenters. The second-order valence-electron chi connectivity index (χ2n) is 6.60. The lowest BCUT2D eigenvalue weighted by Gasteiger charge is -2.08. The lowest BCUT2D eigenvalue weighted by Crippen LogP contribution is -2.15. The molecule has 1 aromatic heterocycles. The summed E-state index contributed by atoms with van der Waals surface area (Å²) in [6.45, 7) is 5.38. The van der Waals surface area contributed by atoms with E-state index in [0.29, 0.717) is 5.13 Å². The molecule has 0 saturated heterocycles. The molecular weight excluding hydrogens is 380 g/mol. The van der Waals surface area contributed by atoms with Crippen LogP contribution in [-0.2, 0) is 27.5 Å². The molecule has 0 aliphatic heterocycles. The topological polar surface area (TPSA) is 76.1 Å². The Morgan fingerprint density at radius 2 is 1.85 bits per heavy atom. The summed E-state index contributed by atoms with van der Waals surface area (Å²) in [7, 11) is -3.30. The molecule has 1 amide bonds. The average Bonchev–Trinajstić information content (AvgIpc) is 3.04. The predicted molar refractivity (Wildman–Crippen MR) is 110 cm³/mol. The molecule has 3 aromatic rings. The van der Waals surface area contributed by atoms with E-state index in [1.807, 2.05) is 18.2 Å². The van der Waals surface area contributed by atoms with Crippen LogP contribution >= 0.6 is 11.3 Å². The summed E-state index contributed by atoms with van der Waals surface area (Å²) in [4.78, 5) is 17.2. The Labute approximate surface area is 163 Å². The number of anilines is 1. The molecule has 1 heterocycles. The lowest BCUT2D eigenvalue weighted by atomic mass is 10.1. The van der Waals surface area contributed by atoms with Gasteiger partial charge in [0.05, 0.1) is 26.8 Å². The molecule has 0 fully saturated rings. The molecule has 0 aliphatic rings. The number of sulfone groups is 1. The van der Waals surface area contributed by atoms with Gasteiger partial charge in [-0.3, -0.25) is 4.79 Å². The van der Waals surface area contributed by atoms with E-state index in [4.69, 9.17) is 0 Å². The van der Waals surface area contributed by atoms with Gasteiger partial charge in [-0.05, 0) is 49.6 Å². The van der Waals surface area contributed by atoms with Crippen molar-refractivity contribution in [1.29, 1.82) is 0 Å². The second kappa shape index (κ2) is 7.78. The standard InChI is InChI=1S/C20H22N2O3S2/c1-4-15-6-5-7-17-19(15)22-20(26-17)21-18(23)12-14-8-10-16(11-9-14)27(24,25)13(2)3/h5-11,13H,4,12H2,1-3H3,(H,21,22,23). The van der Waals surface area contributed by atoms with Crippen molar-refractivity contribution in [1.82, 2.24) is 4.98 Å². The molecule has 7 heteroatoms. The maximum atomic E-state index is 12.3. The number of amides is 1. The first-order valence-corrected chi connectivity index (χ1v) is 11.2. The van der Waals surface area contributed by atoms with Crippen LogP contribution in [0.4, 0.5) is 5.13 Å². The van der Waals surface area contributed by atoms with Gasteiger partial charge in [0.2, 0.25) is 5.91 Å². The van der Waals surface area contributed by atoms with Crippen LogP contribution in [0.15, 0.2) is 47.4 Å². The van der Waals surface area contributed by atoms with Crippen LogP contribution < -0.4 is 5.32 Å². The summed E-state index contributed by atoms with van der Waals surface area (Å²) in [5.41, 5.74) is 2.85. The Morgan fingerprint density at radius 3 is 2.48 bits per heavy atom. The highest BCUT2D eigenvalue weighted by atomic mass is 32.2. The third-order valence-electron chi connectivity index (χ3n) is 4.37. The van der Waals surface area contributed by atoms with Crippen molar-refractivity contribution in [2.24, 2.45) is 0 Å². The van der Waals surface area contributed by atoms with Crippen molar-refractivity contribution >= 4 is 42.4 Å². The van der Waals surface area contributed by atoms with Crippen LogP contribution in [0.5, 0.6) is 0 Å². The van der Waals surface area contributed by atoms with Crippen molar-refractivity contribution in [3.8, 4) is 0 Å². The molecule has 0 saturated carbocycles. The van der Waals surface area contributed by atoms with Gasteiger partial charge in [0.1, 0.15) is 0 Å². The van der Waals surface area contributed by atoms with Crippen LogP contribution in [0.2, 0.25) is 0 Å². The SMILES string of the molecule is CCc1cccc2sc(NC(=O)Cc3ccc(S(=O)(=O)C(C)C)cc3)nc12. The number of nitrogens with zero attached hydrogens (tertiary/aromatic N) is 1. The Bertz CT molecular complexity index is 1070. The van der Waals surface area contributed by atoms with Crippen molar-refractivity contribution in [3.05, 3.63) is 53.6 Å². The van der Waals surface area contributed by atoms with Gasteiger partial charge >= 0.3 is 0 Å². The third-order valence-corrected chi connectivity index (χ3v) is 7.47. The van der Waals surface area contributed by atoms with Gasteiger partial charge in [-0.1, -0.05) is 42.5 Å². The molecule has 0 atom stereocenters. The molecule has 3 rings (SSSR count). The maximum absolute atomic E-state index is 12.3. The zero-order valence-corrected chi connectivity index (χ0v) is 17.2. The molecule has 2 aromatic carbocycles. The smallest absolute Gasteiger partial charge is 0.230 e. The Kier molecular flexibility index (Phi) is 5.62. The summed E-state index contributed by atoms with van der Waals surface area (Å²) in [5.74, 6) is -0.174. The Hall–Kier alpha value is -2.25. The minimum absolute atomic E-state index is 0.165. The molecule has 0 bridgehead atoms. The summed E-state index contributed by atoms with van der Waals surface area (Å²) >= 11 is 1.45. The van der Waals surface area contributed by atoms with Crippen LogP contribution in [0.25, 0.3) is 10.2 Å². The van der Waals surface area contributed by atoms with Crippen LogP contribution in [0.3, 0.4) is 0 Å². The zero-order valence-electron chi connectivity index (χ0n) is 15.5. The third kappa shape index (κ3) is 4.20. The number of hydrogen-bond acceptors (Lipinski definition) is 5. The fourth-order valence-corrected chi connectivity index (χ4v) is 4.75. The van der Waals surface area contributed by atoms with Gasteiger partial charge in [0.15, 0.2) is 15.0 Å². The fraction of sp³-hybridized carbons (Fsp3) is 0.300. The number of hydrogen-bond donors (Lipinski definition) is 1. The highest BCUT2D eigenvalue weighted by Crippen LogP contribution is 2.28. The van der Waals surface area contributed by atoms with Crippen LogP contribution in [-0.4, -0.2) is 24.6 Å². The summed E-state index contributed by atoms with van der Waals surface area (Å²) in [5, 5.41) is 2.95. The average molecular weight is 403 g/mol. The number of rotatable bonds is 6. The Balaban J connectivity index is 1.71. The number of carbonyl (C=O) groups is 1. The van der Waals surface area contributed by atoms with Crippen LogP contribution in [0, 0.1) is 0 Å². The second-order valence-corrected chi connectivity index (χ2v) is 10.1. The van der Waals surface area contributed by atoms with Gasteiger partial charge in [0.25, 0.3) is 0 Å². The van der Waals surface area contributed by atoms with E-state index in [1.165, 1.54) is 11.3 Å². The van der Waals surface area contributed by atoms with Crippen molar-refractivity contribution in [2.75, 3.05) is 5.32 Å². The first kappa shape index (κ1) is 19.5. The van der Waals surface area contributed by atoms with Gasteiger partial charge in [-0.15, -0.1) is 0 Å². The number of fused-ring (bicyclic) bond motifs is 1. The number of thiazole rings is 1. The normalized spacial score (nSPS) is 11.9. The molecule has 1 N–H and O–H groups in total. The van der Waals surface area contributed by atoms with Gasteiger partial charge in [0, 0.05) is 0 Å². The summed E-state index contributed by atoms with van der Waals surface area (Å²) in [6.07, 6.45) is 1.05. The monoisotopic (exact) mass is 402 g/mol. The van der Waals surface area contributed by atoms with E-state index in [9.17, 15) is 13.2 Å². The lowest BCUT2D eigenvalue weighted by molar-refractivity contribution is -0.115. The molecule has 0 spiro atoms. The van der Waals surface area contributed by atoms with E-state index in [-0.39, 0.29) is 17.2 Å². The van der Waals surface area contributed by atoms with Crippen LogP contribution in [0.1, 0.15) is 31.9 Å². The zero-order chi connectivity index (χ0) is 19.6. The molecular formula is C20H22N2O3S2. The highest BCUT2D eigenvalue weighted by Gasteiger charge is 2.19. The van der Waals surface area contributed by atoms with Gasteiger partial charge in [-0.25, -0.2) is 13.4 Å². The minimum Gasteiger partial charge on any atom is -0.302 e. The van der Waals surface area contributed by atoms with E-state index in [1.54, 1.807) is 38.1 Å². The predicted octanol–water partition coefficient (Wildman–Crippen LogP) is 4.22. The Morgan fingerprint density at radius 1 is 1.15 bits per heavy atom. The molecule has 0 radical (unpaired) electrons. The maximum Gasteiger partial charge on any atom is 0.230 e. The van der Waals surface area contributed by atoms with E-state index < -0.39 is 15.1 Å². The van der Waals surface area contributed by atoms with Crippen molar-refractivity contribution in [3.63, 3.8) is 0 Å². The number of para-hydroxylation sites is 1. The van der Waals surface area contributed by atoms with E-state index in [2.05, 4.69) is 17.2 Å². The number of benzene rings is 2. The minimum atomic E-state index is -3.30.